The van der Waals surface area contributed by atoms with Crippen molar-refractivity contribution in [3.05, 3.63) is 89.0 Å². The number of hydrogen-bond acceptors (Lipinski definition) is 7. The molecule has 0 bridgehead atoms. The largest absolute Gasteiger partial charge is 0.493 e. The van der Waals surface area contributed by atoms with Crippen molar-refractivity contribution < 1.29 is 36.2 Å². The Morgan fingerprint density at radius 2 is 1.69 bits per heavy atom. The van der Waals surface area contributed by atoms with E-state index in [4.69, 9.17) is 10.00 Å². The molecule has 1 unspecified atom stereocenters. The normalized spacial score (nSPS) is 13.3. The molecule has 0 saturated heterocycles. The van der Waals surface area contributed by atoms with Crippen LogP contribution in [0.3, 0.4) is 0 Å². The van der Waals surface area contributed by atoms with E-state index < -0.39 is 44.4 Å². The molecule has 0 aromatic heterocycles. The molecular formula is C30H32F3N3O5S. The first kappa shape index (κ1) is 32.6. The van der Waals surface area contributed by atoms with E-state index in [1.54, 1.807) is 18.2 Å². The maximum absolute atomic E-state index is 13.5. The third-order valence-electron chi connectivity index (χ3n) is 6.33. The van der Waals surface area contributed by atoms with Gasteiger partial charge in [-0.25, -0.2) is 8.42 Å². The first-order valence-electron chi connectivity index (χ1n) is 13.0. The standard InChI is InChI=1S/C30H32F3N3O5S/c1-29(38,28(37)35-24-14-13-23(19-34)25(18-24)30(31,32)33)20-42(39,40)27-12-7-5-10-22(27)17-21-9-4-6-11-26(21)41-16-8-15-36(2)3/h4-7,9-14,18,38H,8,15-17,20H2,1-3H3,(H,35,37). The van der Waals surface area contributed by atoms with Gasteiger partial charge in [0, 0.05) is 18.7 Å². The zero-order chi connectivity index (χ0) is 31.1. The maximum Gasteiger partial charge on any atom is 0.417 e. The second kappa shape index (κ2) is 13.4. The van der Waals surface area contributed by atoms with Gasteiger partial charge in [-0.3, -0.25) is 4.79 Å². The van der Waals surface area contributed by atoms with Crippen LogP contribution in [0.15, 0.2) is 71.6 Å². The van der Waals surface area contributed by atoms with Crippen LogP contribution in [0.2, 0.25) is 0 Å². The molecule has 8 nitrogen and oxygen atoms in total. The maximum atomic E-state index is 13.5. The number of alkyl halides is 3. The summed E-state index contributed by atoms with van der Waals surface area (Å²) in [6.45, 7) is 2.27. The number of carbonyl (C=O) groups excluding carboxylic acids is 1. The minimum absolute atomic E-state index is 0.0989. The van der Waals surface area contributed by atoms with Crippen molar-refractivity contribution in [3.8, 4) is 11.8 Å². The number of para-hydroxylation sites is 1. The predicted molar refractivity (Wildman–Crippen MR) is 152 cm³/mol. The molecule has 0 aliphatic carbocycles. The summed E-state index contributed by atoms with van der Waals surface area (Å²) in [5.41, 5.74) is -3.62. The number of nitriles is 1. The number of amides is 1. The van der Waals surface area contributed by atoms with Gasteiger partial charge in [0.2, 0.25) is 0 Å². The number of anilines is 1. The molecule has 12 heteroatoms. The van der Waals surface area contributed by atoms with Crippen molar-refractivity contribution in [1.29, 1.82) is 5.26 Å². The van der Waals surface area contributed by atoms with Gasteiger partial charge in [-0.15, -0.1) is 0 Å². The lowest BCUT2D eigenvalue weighted by Gasteiger charge is -2.23. The van der Waals surface area contributed by atoms with Crippen LogP contribution < -0.4 is 10.1 Å². The lowest BCUT2D eigenvalue weighted by molar-refractivity contribution is -0.137. The fourth-order valence-electron chi connectivity index (χ4n) is 4.25. The average molecular weight is 604 g/mol. The zero-order valence-electron chi connectivity index (χ0n) is 23.4. The predicted octanol–water partition coefficient (Wildman–Crippen LogP) is 4.66. The van der Waals surface area contributed by atoms with Crippen molar-refractivity contribution >= 4 is 21.4 Å². The molecule has 0 spiro atoms. The SMILES string of the molecule is CN(C)CCCOc1ccccc1Cc1ccccc1S(=O)(=O)CC(C)(O)C(=O)Nc1ccc(C#N)c(C(F)(F)F)c1. The van der Waals surface area contributed by atoms with Crippen molar-refractivity contribution in [2.75, 3.05) is 38.3 Å². The van der Waals surface area contributed by atoms with Gasteiger partial charge in [0.05, 0.1) is 34.5 Å². The summed E-state index contributed by atoms with van der Waals surface area (Å²) in [7, 11) is -0.349. The Morgan fingerprint density at radius 3 is 2.33 bits per heavy atom. The third-order valence-corrected chi connectivity index (χ3v) is 8.34. The van der Waals surface area contributed by atoms with Crippen LogP contribution in [-0.4, -0.2) is 62.9 Å². The van der Waals surface area contributed by atoms with Crippen LogP contribution in [0.25, 0.3) is 0 Å². The van der Waals surface area contributed by atoms with E-state index in [1.165, 1.54) is 18.2 Å². The molecule has 2 N–H and O–H groups in total. The number of rotatable bonds is 12. The van der Waals surface area contributed by atoms with E-state index in [0.717, 1.165) is 37.6 Å². The van der Waals surface area contributed by atoms with Gasteiger partial charge in [-0.1, -0.05) is 36.4 Å². The quantitative estimate of drug-likeness (QED) is 0.289. The summed E-state index contributed by atoms with van der Waals surface area (Å²) in [5, 5.41) is 22.0. The van der Waals surface area contributed by atoms with Crippen molar-refractivity contribution in [2.45, 2.75) is 36.4 Å². The number of carbonyl (C=O) groups is 1. The van der Waals surface area contributed by atoms with Crippen LogP contribution in [0, 0.1) is 11.3 Å². The van der Waals surface area contributed by atoms with E-state index in [0.29, 0.717) is 24.0 Å². The number of ether oxygens (including phenoxy) is 1. The molecule has 0 saturated carbocycles. The number of sulfone groups is 1. The summed E-state index contributed by atoms with van der Waals surface area (Å²) >= 11 is 0. The van der Waals surface area contributed by atoms with Crippen LogP contribution in [0.1, 0.15) is 35.6 Å². The van der Waals surface area contributed by atoms with Crippen molar-refractivity contribution in [1.82, 2.24) is 4.90 Å². The van der Waals surface area contributed by atoms with Gasteiger partial charge in [0.25, 0.3) is 5.91 Å². The molecule has 3 rings (SSSR count). The second-order valence-corrected chi connectivity index (χ2v) is 12.2. The minimum Gasteiger partial charge on any atom is -0.493 e. The second-order valence-electron chi connectivity index (χ2n) is 10.3. The molecule has 1 atom stereocenters. The highest BCUT2D eigenvalue weighted by atomic mass is 32.2. The van der Waals surface area contributed by atoms with Gasteiger partial charge < -0.3 is 20.1 Å². The lowest BCUT2D eigenvalue weighted by Crippen LogP contribution is -2.46. The lowest BCUT2D eigenvalue weighted by atomic mass is 10.0. The van der Waals surface area contributed by atoms with E-state index in [9.17, 15) is 31.5 Å². The number of nitrogens with zero attached hydrogens (tertiary/aromatic N) is 2. The molecule has 0 aliphatic rings. The molecular weight excluding hydrogens is 571 g/mol. The molecule has 224 valence electrons. The summed E-state index contributed by atoms with van der Waals surface area (Å²) in [6, 6.07) is 17.3. The Kier molecular flexibility index (Phi) is 10.4. The minimum atomic E-state index is -4.86. The average Bonchev–Trinajstić information content (AvgIpc) is 2.91. The van der Waals surface area contributed by atoms with Crippen LogP contribution in [0.4, 0.5) is 18.9 Å². The molecule has 0 aliphatic heterocycles. The Labute approximate surface area is 243 Å². The van der Waals surface area contributed by atoms with Crippen LogP contribution in [0.5, 0.6) is 5.75 Å². The van der Waals surface area contributed by atoms with Gasteiger partial charge in [0.1, 0.15) is 5.75 Å². The molecule has 0 heterocycles. The summed E-state index contributed by atoms with van der Waals surface area (Å²) < 4.78 is 72.9. The summed E-state index contributed by atoms with van der Waals surface area (Å²) in [4.78, 5) is 14.8. The summed E-state index contributed by atoms with van der Waals surface area (Å²) in [5.74, 6) is -1.65. The number of nitrogens with one attached hydrogen (secondary N) is 1. The van der Waals surface area contributed by atoms with E-state index in [-0.39, 0.29) is 17.0 Å². The molecule has 3 aromatic carbocycles. The molecule has 1 amide bonds. The van der Waals surface area contributed by atoms with Crippen LogP contribution >= 0.6 is 0 Å². The summed E-state index contributed by atoms with van der Waals surface area (Å²) in [6.07, 6.45) is -3.88. The van der Waals surface area contributed by atoms with Crippen molar-refractivity contribution in [2.24, 2.45) is 0 Å². The fraction of sp³-hybridized carbons (Fsp3) is 0.333. The van der Waals surface area contributed by atoms with Gasteiger partial charge in [0.15, 0.2) is 15.4 Å². The number of hydrogen-bond donors (Lipinski definition) is 2. The van der Waals surface area contributed by atoms with E-state index in [2.05, 4.69) is 5.32 Å². The fourth-order valence-corrected chi connectivity index (χ4v) is 6.10. The smallest absolute Gasteiger partial charge is 0.417 e. The molecule has 3 aromatic rings. The highest BCUT2D eigenvalue weighted by Crippen LogP contribution is 2.34. The van der Waals surface area contributed by atoms with E-state index >= 15 is 0 Å². The third kappa shape index (κ3) is 8.55. The molecule has 0 fully saturated rings. The number of halogens is 3. The van der Waals surface area contributed by atoms with Crippen LogP contribution in [-0.2, 0) is 27.2 Å². The highest BCUT2D eigenvalue weighted by Gasteiger charge is 2.38. The first-order chi connectivity index (χ1) is 19.6. The zero-order valence-corrected chi connectivity index (χ0v) is 24.2. The number of benzene rings is 3. The first-order valence-corrected chi connectivity index (χ1v) is 14.6. The Morgan fingerprint density at radius 1 is 1.05 bits per heavy atom. The molecule has 42 heavy (non-hydrogen) atoms. The van der Waals surface area contributed by atoms with Crippen molar-refractivity contribution in [3.63, 3.8) is 0 Å². The topological polar surface area (TPSA) is 120 Å². The van der Waals surface area contributed by atoms with Gasteiger partial charge >= 0.3 is 6.18 Å². The van der Waals surface area contributed by atoms with Gasteiger partial charge in [-0.05, 0) is 68.9 Å². The highest BCUT2D eigenvalue weighted by molar-refractivity contribution is 7.91. The van der Waals surface area contributed by atoms with E-state index in [1.807, 2.05) is 37.2 Å². The Balaban J connectivity index is 1.81. The molecule has 0 radical (unpaired) electrons. The monoisotopic (exact) mass is 603 g/mol. The Hall–Kier alpha value is -3.92. The number of aliphatic hydroxyl groups is 1. The Bertz CT molecular complexity index is 1560. The van der Waals surface area contributed by atoms with Gasteiger partial charge in [-0.2, -0.15) is 18.4 Å².